The summed E-state index contributed by atoms with van der Waals surface area (Å²) in [7, 11) is 0. The zero-order chi connectivity index (χ0) is 20.5. The number of rotatable bonds is 4. The van der Waals surface area contributed by atoms with Gasteiger partial charge in [0.25, 0.3) is 5.91 Å². The third-order valence-corrected chi connectivity index (χ3v) is 6.84. The highest BCUT2D eigenvalue weighted by Crippen LogP contribution is 2.48. The van der Waals surface area contributed by atoms with Crippen LogP contribution in [0.15, 0.2) is 45.6 Å². The number of anilines is 1. The number of carbonyl (C=O) groups is 1. The van der Waals surface area contributed by atoms with Crippen LogP contribution in [0.5, 0.6) is 0 Å². The number of hydrogen-bond acceptors (Lipinski definition) is 5. The average Bonchev–Trinajstić information content (AvgIpc) is 3.14. The van der Waals surface area contributed by atoms with Crippen molar-refractivity contribution in [3.8, 4) is 0 Å². The second-order valence-electron chi connectivity index (χ2n) is 9.00. The number of aromatic nitrogens is 1. The van der Waals surface area contributed by atoms with E-state index in [2.05, 4.69) is 23.3 Å². The number of hydrogen-bond donors (Lipinski definition) is 2. The summed E-state index contributed by atoms with van der Waals surface area (Å²) < 4.78 is 10.5. The van der Waals surface area contributed by atoms with Gasteiger partial charge in [-0.25, -0.2) is 4.79 Å². The Bertz CT molecular complexity index is 1210. The topological polar surface area (TPSA) is 87.6 Å². The van der Waals surface area contributed by atoms with Crippen LogP contribution in [0.4, 0.5) is 5.69 Å². The Balaban J connectivity index is 1.20. The van der Waals surface area contributed by atoms with E-state index >= 15 is 0 Å². The minimum atomic E-state index is -0.470. The van der Waals surface area contributed by atoms with Gasteiger partial charge in [0.2, 0.25) is 0 Å². The largest absolute Gasteiger partial charge is 0.417 e. The molecule has 1 spiro atoms. The maximum atomic E-state index is 13.0. The molecule has 1 aromatic heterocycles. The molecule has 0 bridgehead atoms. The van der Waals surface area contributed by atoms with E-state index < -0.39 is 5.76 Å². The van der Waals surface area contributed by atoms with Gasteiger partial charge >= 0.3 is 5.76 Å². The molecule has 7 nitrogen and oxygen atoms in total. The SMILES string of the molecule is CC1c2cc(NC3CC4(COC4)C3)ccc2C(=O)N1Cc1ccc2[nH]c(=O)oc2c1. The van der Waals surface area contributed by atoms with Gasteiger partial charge in [0.05, 0.1) is 24.8 Å². The van der Waals surface area contributed by atoms with Crippen LogP contribution in [-0.2, 0) is 11.3 Å². The first-order valence-electron chi connectivity index (χ1n) is 10.4. The van der Waals surface area contributed by atoms with E-state index in [0.29, 0.717) is 29.1 Å². The van der Waals surface area contributed by atoms with Crippen molar-refractivity contribution in [2.24, 2.45) is 5.41 Å². The number of benzene rings is 2. The highest BCUT2D eigenvalue weighted by Gasteiger charge is 2.49. The van der Waals surface area contributed by atoms with Gasteiger partial charge in [0, 0.05) is 29.3 Å². The fourth-order valence-electron chi connectivity index (χ4n) is 5.13. The van der Waals surface area contributed by atoms with Gasteiger partial charge in [-0.3, -0.25) is 9.78 Å². The standard InChI is InChI=1S/C23H23N3O4/c1-13-18-7-15(24-16-8-23(9-16)11-29-12-23)3-4-17(18)21(27)26(13)10-14-2-5-19-20(6-14)30-22(28)25-19/h2-7,13,16,24H,8-12H2,1H3,(H,25,28). The maximum Gasteiger partial charge on any atom is 0.417 e. The summed E-state index contributed by atoms with van der Waals surface area (Å²) in [5, 5.41) is 3.62. The molecule has 3 aromatic rings. The Morgan fingerprint density at radius 1 is 1.17 bits per heavy atom. The molecule has 2 aliphatic heterocycles. The van der Waals surface area contributed by atoms with E-state index in [1.807, 2.05) is 35.2 Å². The minimum absolute atomic E-state index is 0.0176. The molecule has 1 amide bonds. The van der Waals surface area contributed by atoms with E-state index in [1.54, 1.807) is 0 Å². The lowest BCUT2D eigenvalue weighted by molar-refractivity contribution is -0.159. The molecule has 0 radical (unpaired) electrons. The van der Waals surface area contributed by atoms with E-state index in [-0.39, 0.29) is 11.9 Å². The molecule has 2 N–H and O–H groups in total. The molecule has 30 heavy (non-hydrogen) atoms. The van der Waals surface area contributed by atoms with Crippen molar-refractivity contribution in [3.05, 3.63) is 63.6 Å². The number of aromatic amines is 1. The van der Waals surface area contributed by atoms with Crippen molar-refractivity contribution >= 4 is 22.7 Å². The number of carbonyl (C=O) groups excluding carboxylic acids is 1. The highest BCUT2D eigenvalue weighted by atomic mass is 16.5. The number of ether oxygens (including phenoxy) is 1. The summed E-state index contributed by atoms with van der Waals surface area (Å²) in [6.07, 6.45) is 2.31. The molecule has 2 aromatic carbocycles. The van der Waals surface area contributed by atoms with Crippen LogP contribution in [0.1, 0.15) is 47.3 Å². The van der Waals surface area contributed by atoms with Crippen LogP contribution in [-0.4, -0.2) is 35.0 Å². The van der Waals surface area contributed by atoms with E-state index in [1.165, 1.54) is 0 Å². The molecule has 6 rings (SSSR count). The molecule has 3 aliphatic rings. The van der Waals surface area contributed by atoms with Crippen molar-refractivity contribution in [1.29, 1.82) is 0 Å². The summed E-state index contributed by atoms with van der Waals surface area (Å²) >= 11 is 0. The Morgan fingerprint density at radius 3 is 2.77 bits per heavy atom. The molecule has 1 unspecified atom stereocenters. The van der Waals surface area contributed by atoms with Gasteiger partial charge in [0.15, 0.2) is 5.58 Å². The van der Waals surface area contributed by atoms with Gasteiger partial charge in [0.1, 0.15) is 0 Å². The molecule has 2 fully saturated rings. The smallest absolute Gasteiger partial charge is 0.408 e. The average molecular weight is 405 g/mol. The third kappa shape index (κ3) is 2.69. The van der Waals surface area contributed by atoms with Crippen molar-refractivity contribution in [2.45, 2.75) is 38.4 Å². The Morgan fingerprint density at radius 2 is 2.00 bits per heavy atom. The fourth-order valence-corrected chi connectivity index (χ4v) is 5.13. The maximum absolute atomic E-state index is 13.0. The predicted octanol–water partition coefficient (Wildman–Crippen LogP) is 3.43. The highest BCUT2D eigenvalue weighted by molar-refractivity contribution is 5.99. The molecule has 154 valence electrons. The lowest BCUT2D eigenvalue weighted by Gasteiger charge is -2.53. The second kappa shape index (κ2) is 6.22. The first-order valence-corrected chi connectivity index (χ1v) is 10.4. The van der Waals surface area contributed by atoms with Gasteiger partial charge < -0.3 is 19.4 Å². The van der Waals surface area contributed by atoms with Gasteiger partial charge in [-0.1, -0.05) is 6.07 Å². The number of nitrogens with one attached hydrogen (secondary N) is 2. The van der Waals surface area contributed by atoms with Gasteiger partial charge in [-0.2, -0.15) is 0 Å². The summed E-state index contributed by atoms with van der Waals surface area (Å²) in [4.78, 5) is 28.9. The van der Waals surface area contributed by atoms with E-state index in [0.717, 1.165) is 48.4 Å². The van der Waals surface area contributed by atoms with Crippen molar-refractivity contribution in [1.82, 2.24) is 9.88 Å². The predicted molar refractivity (Wildman–Crippen MR) is 111 cm³/mol. The van der Waals surface area contributed by atoms with Gasteiger partial charge in [-0.15, -0.1) is 0 Å². The number of oxazole rings is 1. The lowest BCUT2D eigenvalue weighted by atomic mass is 9.64. The normalized spacial score (nSPS) is 22.2. The van der Waals surface area contributed by atoms with E-state index in [4.69, 9.17) is 9.15 Å². The van der Waals surface area contributed by atoms with Crippen LogP contribution < -0.4 is 11.1 Å². The molecule has 1 aliphatic carbocycles. The van der Waals surface area contributed by atoms with Crippen LogP contribution in [0, 0.1) is 5.41 Å². The number of amides is 1. The zero-order valence-electron chi connectivity index (χ0n) is 16.7. The first kappa shape index (κ1) is 17.8. The molecule has 1 saturated heterocycles. The molecular formula is C23H23N3O4. The van der Waals surface area contributed by atoms with Crippen LogP contribution >= 0.6 is 0 Å². The minimum Gasteiger partial charge on any atom is -0.408 e. The number of H-pyrrole nitrogens is 1. The Labute approximate surface area is 173 Å². The monoisotopic (exact) mass is 405 g/mol. The summed E-state index contributed by atoms with van der Waals surface area (Å²) in [5.41, 5.74) is 5.42. The summed E-state index contributed by atoms with van der Waals surface area (Å²) in [6, 6.07) is 12.1. The van der Waals surface area contributed by atoms with Crippen LogP contribution in [0.25, 0.3) is 11.1 Å². The Hall–Kier alpha value is -3.06. The van der Waals surface area contributed by atoms with Crippen molar-refractivity contribution in [3.63, 3.8) is 0 Å². The summed E-state index contributed by atoms with van der Waals surface area (Å²) in [6.45, 7) is 4.32. The first-order chi connectivity index (χ1) is 14.5. The molecule has 7 heteroatoms. The molecular weight excluding hydrogens is 382 g/mol. The van der Waals surface area contributed by atoms with Crippen LogP contribution in [0.3, 0.4) is 0 Å². The molecule has 3 heterocycles. The fraction of sp³-hybridized carbons (Fsp3) is 0.391. The quantitative estimate of drug-likeness (QED) is 0.694. The van der Waals surface area contributed by atoms with E-state index in [9.17, 15) is 9.59 Å². The van der Waals surface area contributed by atoms with Crippen molar-refractivity contribution in [2.75, 3.05) is 18.5 Å². The van der Waals surface area contributed by atoms with Crippen molar-refractivity contribution < 1.29 is 13.9 Å². The summed E-state index contributed by atoms with van der Waals surface area (Å²) in [5.74, 6) is -0.434. The third-order valence-electron chi connectivity index (χ3n) is 6.84. The number of nitrogens with zero attached hydrogens (tertiary/aromatic N) is 1. The number of fused-ring (bicyclic) bond motifs is 2. The molecule has 1 atom stereocenters. The Kier molecular flexibility index (Phi) is 3.68. The zero-order valence-corrected chi connectivity index (χ0v) is 16.7. The molecule has 1 saturated carbocycles. The lowest BCUT2D eigenvalue weighted by Crippen LogP contribution is -2.56. The van der Waals surface area contributed by atoms with Crippen LogP contribution in [0.2, 0.25) is 0 Å². The van der Waals surface area contributed by atoms with Gasteiger partial charge in [-0.05, 0) is 61.2 Å². The second-order valence-corrected chi connectivity index (χ2v) is 9.00.